The van der Waals surface area contributed by atoms with Crippen LogP contribution < -0.4 is 10.2 Å². The number of anilines is 2. The Morgan fingerprint density at radius 3 is 2.44 bits per heavy atom. The van der Waals surface area contributed by atoms with Gasteiger partial charge in [-0.3, -0.25) is 19.7 Å². The van der Waals surface area contributed by atoms with E-state index in [-0.39, 0.29) is 12.3 Å². The Balaban J connectivity index is 1.10. The van der Waals surface area contributed by atoms with Crippen LogP contribution in [0.2, 0.25) is 0 Å². The third-order valence-corrected chi connectivity index (χ3v) is 7.28. The Kier molecular flexibility index (Phi) is 7.61. The van der Waals surface area contributed by atoms with Crippen molar-refractivity contribution < 1.29 is 4.79 Å². The number of nitrogens with zero attached hydrogens (tertiary/aromatic N) is 6. The Hall–Kier alpha value is -5.13. The van der Waals surface area contributed by atoms with Crippen LogP contribution in [0.4, 0.5) is 11.5 Å². The molecule has 1 fully saturated rings. The molecule has 1 amide bonds. The van der Waals surface area contributed by atoms with Crippen molar-refractivity contribution in [1.29, 1.82) is 5.26 Å². The standard InChI is InChI=1S/C33H29N7O/c34-20-25-4-1-3-24(17-25)18-33(41)37-29-9-6-27(7-10-29)28-8-11-30-31(19-28)38-32(22-36-30)40-15-13-39(14-16-40)23-26-5-2-12-35-21-26/h1-12,17,19,21-22H,13-16,18,23H2,(H,37,41). The van der Waals surface area contributed by atoms with Crippen LogP contribution in [0.5, 0.6) is 0 Å². The van der Waals surface area contributed by atoms with Crippen LogP contribution in [0.15, 0.2) is 97.5 Å². The molecule has 1 aliphatic rings. The number of benzene rings is 3. The fourth-order valence-electron chi connectivity index (χ4n) is 5.11. The third kappa shape index (κ3) is 6.38. The van der Waals surface area contributed by atoms with E-state index in [1.165, 1.54) is 5.56 Å². The first-order valence-corrected chi connectivity index (χ1v) is 13.7. The molecule has 0 radical (unpaired) electrons. The highest BCUT2D eigenvalue weighted by Crippen LogP contribution is 2.26. The molecule has 6 rings (SSSR count). The minimum absolute atomic E-state index is 0.126. The van der Waals surface area contributed by atoms with E-state index in [4.69, 9.17) is 10.2 Å². The van der Waals surface area contributed by atoms with Gasteiger partial charge in [-0.05, 0) is 64.7 Å². The zero-order valence-corrected chi connectivity index (χ0v) is 22.6. The number of carbonyl (C=O) groups is 1. The highest BCUT2D eigenvalue weighted by atomic mass is 16.1. The molecule has 0 saturated carbocycles. The zero-order chi connectivity index (χ0) is 28.0. The van der Waals surface area contributed by atoms with Crippen LogP contribution in [0.1, 0.15) is 16.7 Å². The second-order valence-electron chi connectivity index (χ2n) is 10.2. The fraction of sp³-hybridized carbons (Fsp3) is 0.182. The molecular weight excluding hydrogens is 510 g/mol. The minimum atomic E-state index is -0.126. The lowest BCUT2D eigenvalue weighted by molar-refractivity contribution is -0.115. The summed E-state index contributed by atoms with van der Waals surface area (Å²) in [5.41, 5.74) is 7.09. The topological polar surface area (TPSA) is 98.0 Å². The van der Waals surface area contributed by atoms with Crippen LogP contribution >= 0.6 is 0 Å². The lowest BCUT2D eigenvalue weighted by Crippen LogP contribution is -2.46. The van der Waals surface area contributed by atoms with Gasteiger partial charge in [0.2, 0.25) is 5.91 Å². The zero-order valence-electron chi connectivity index (χ0n) is 22.6. The number of nitriles is 1. The number of amides is 1. The Morgan fingerprint density at radius 2 is 1.66 bits per heavy atom. The monoisotopic (exact) mass is 539 g/mol. The molecule has 0 spiro atoms. The van der Waals surface area contributed by atoms with Crippen LogP contribution in [-0.2, 0) is 17.8 Å². The summed E-state index contributed by atoms with van der Waals surface area (Å²) in [6.45, 7) is 4.63. The first kappa shape index (κ1) is 26.1. The van der Waals surface area contributed by atoms with E-state index in [2.05, 4.69) is 43.3 Å². The van der Waals surface area contributed by atoms with Gasteiger partial charge in [0.25, 0.3) is 0 Å². The lowest BCUT2D eigenvalue weighted by atomic mass is 10.0. The number of carbonyl (C=O) groups excluding carboxylic acids is 1. The Labute approximate surface area is 238 Å². The van der Waals surface area contributed by atoms with Crippen molar-refractivity contribution in [3.05, 3.63) is 114 Å². The number of pyridine rings is 1. The van der Waals surface area contributed by atoms with E-state index in [0.717, 1.165) is 72.0 Å². The second-order valence-corrected chi connectivity index (χ2v) is 10.2. The van der Waals surface area contributed by atoms with Crippen LogP contribution in [-0.4, -0.2) is 51.9 Å². The summed E-state index contributed by atoms with van der Waals surface area (Å²) in [7, 11) is 0. The first-order chi connectivity index (χ1) is 20.1. The molecular formula is C33H29N7O. The van der Waals surface area contributed by atoms with Gasteiger partial charge in [-0.15, -0.1) is 0 Å². The first-order valence-electron chi connectivity index (χ1n) is 13.7. The number of nitrogens with one attached hydrogen (secondary N) is 1. The highest BCUT2D eigenvalue weighted by Gasteiger charge is 2.19. The van der Waals surface area contributed by atoms with Crippen molar-refractivity contribution in [2.75, 3.05) is 36.4 Å². The molecule has 0 bridgehead atoms. The number of piperazine rings is 1. The number of hydrogen-bond donors (Lipinski definition) is 1. The molecule has 3 heterocycles. The minimum Gasteiger partial charge on any atom is -0.353 e. The van der Waals surface area contributed by atoms with Crippen molar-refractivity contribution in [3.8, 4) is 17.2 Å². The predicted octanol–water partition coefficient (Wildman–Crippen LogP) is 5.07. The van der Waals surface area contributed by atoms with Crippen LogP contribution in [0, 0.1) is 11.3 Å². The van der Waals surface area contributed by atoms with Gasteiger partial charge in [0.1, 0.15) is 5.82 Å². The fourth-order valence-corrected chi connectivity index (χ4v) is 5.11. The van der Waals surface area contributed by atoms with Gasteiger partial charge in [-0.2, -0.15) is 5.26 Å². The van der Waals surface area contributed by atoms with Crippen molar-refractivity contribution in [2.24, 2.45) is 0 Å². The summed E-state index contributed by atoms with van der Waals surface area (Å²) in [4.78, 5) is 31.1. The molecule has 8 heteroatoms. The van der Waals surface area contributed by atoms with Gasteiger partial charge >= 0.3 is 0 Å². The maximum absolute atomic E-state index is 12.5. The van der Waals surface area contributed by atoms with Gasteiger partial charge in [0.05, 0.1) is 35.3 Å². The molecule has 5 aromatic rings. The van der Waals surface area contributed by atoms with Gasteiger partial charge in [0, 0.05) is 50.8 Å². The van der Waals surface area contributed by atoms with E-state index in [1.807, 2.05) is 67.1 Å². The summed E-state index contributed by atoms with van der Waals surface area (Å²) >= 11 is 0. The number of aromatic nitrogens is 3. The molecule has 3 aromatic carbocycles. The van der Waals surface area contributed by atoms with Gasteiger partial charge < -0.3 is 10.2 Å². The molecule has 2 aromatic heterocycles. The largest absolute Gasteiger partial charge is 0.353 e. The Bertz CT molecular complexity index is 1710. The van der Waals surface area contributed by atoms with Gasteiger partial charge in [-0.25, -0.2) is 4.98 Å². The highest BCUT2D eigenvalue weighted by molar-refractivity contribution is 5.92. The summed E-state index contributed by atoms with van der Waals surface area (Å²) < 4.78 is 0. The lowest BCUT2D eigenvalue weighted by Gasteiger charge is -2.35. The van der Waals surface area contributed by atoms with E-state index in [1.54, 1.807) is 18.2 Å². The molecule has 8 nitrogen and oxygen atoms in total. The summed E-state index contributed by atoms with van der Waals surface area (Å²) in [5, 5.41) is 12.0. The molecule has 41 heavy (non-hydrogen) atoms. The molecule has 1 aliphatic heterocycles. The average Bonchev–Trinajstić information content (AvgIpc) is 3.02. The molecule has 0 atom stereocenters. The van der Waals surface area contributed by atoms with E-state index in [9.17, 15) is 4.79 Å². The molecule has 1 N–H and O–H groups in total. The van der Waals surface area contributed by atoms with Crippen LogP contribution in [0.3, 0.4) is 0 Å². The van der Waals surface area contributed by atoms with Crippen molar-refractivity contribution in [2.45, 2.75) is 13.0 Å². The van der Waals surface area contributed by atoms with E-state index < -0.39 is 0 Å². The summed E-state index contributed by atoms with van der Waals surface area (Å²) in [6, 6.07) is 27.2. The average molecular weight is 540 g/mol. The molecule has 0 aliphatic carbocycles. The number of rotatable bonds is 7. The molecule has 202 valence electrons. The van der Waals surface area contributed by atoms with Crippen molar-refractivity contribution >= 4 is 28.4 Å². The normalized spacial score (nSPS) is 13.6. The Morgan fingerprint density at radius 1 is 0.854 bits per heavy atom. The van der Waals surface area contributed by atoms with Crippen molar-refractivity contribution in [1.82, 2.24) is 19.9 Å². The summed E-state index contributed by atoms with van der Waals surface area (Å²) in [6.07, 6.45) is 5.82. The summed E-state index contributed by atoms with van der Waals surface area (Å²) in [5.74, 6) is 0.772. The third-order valence-electron chi connectivity index (χ3n) is 7.28. The maximum Gasteiger partial charge on any atom is 0.228 e. The predicted molar refractivity (Wildman–Crippen MR) is 160 cm³/mol. The van der Waals surface area contributed by atoms with Gasteiger partial charge in [0.15, 0.2) is 0 Å². The second kappa shape index (κ2) is 11.9. The smallest absolute Gasteiger partial charge is 0.228 e. The van der Waals surface area contributed by atoms with E-state index in [0.29, 0.717) is 5.56 Å². The van der Waals surface area contributed by atoms with Crippen LogP contribution in [0.25, 0.3) is 22.2 Å². The van der Waals surface area contributed by atoms with E-state index >= 15 is 0 Å². The molecule has 1 saturated heterocycles. The quantitative estimate of drug-likeness (QED) is 0.308. The number of fused-ring (bicyclic) bond motifs is 1. The maximum atomic E-state index is 12.5. The molecule has 0 unspecified atom stereocenters. The van der Waals surface area contributed by atoms with Crippen molar-refractivity contribution in [3.63, 3.8) is 0 Å². The number of hydrogen-bond acceptors (Lipinski definition) is 7. The van der Waals surface area contributed by atoms with Gasteiger partial charge in [-0.1, -0.05) is 36.4 Å². The SMILES string of the molecule is N#Cc1cccc(CC(=O)Nc2ccc(-c3ccc4ncc(N5CCN(Cc6cccnc6)CC5)nc4c3)cc2)c1.